The lowest BCUT2D eigenvalue weighted by atomic mass is 10.1. The van der Waals surface area contributed by atoms with Crippen molar-refractivity contribution in [1.29, 1.82) is 0 Å². The number of nitrogens with two attached hydrogens (primary N) is 1. The number of aliphatic hydroxyl groups is 1. The Balaban J connectivity index is 2.59. The number of primary amides is 1. The average Bonchev–Trinajstić information content (AvgIpc) is 2.37. The number of nitrogens with zero attached hydrogens (tertiary/aromatic N) is 1. The lowest BCUT2D eigenvalue weighted by Gasteiger charge is -2.20. The summed E-state index contributed by atoms with van der Waals surface area (Å²) in [6, 6.07) is 7.17. The van der Waals surface area contributed by atoms with Crippen LogP contribution in [-0.2, 0) is 11.3 Å². The molecule has 0 aliphatic carbocycles. The topological polar surface area (TPSA) is 75.8 Å². The van der Waals surface area contributed by atoms with Crippen molar-refractivity contribution in [2.75, 3.05) is 33.4 Å². The van der Waals surface area contributed by atoms with Crippen molar-refractivity contribution >= 4 is 5.91 Å². The molecule has 0 saturated carbocycles. The number of ether oxygens (including phenoxy) is 1. The van der Waals surface area contributed by atoms with Crippen molar-refractivity contribution in [3.05, 3.63) is 35.4 Å². The highest BCUT2D eigenvalue weighted by Crippen LogP contribution is 2.07. The number of carbonyl (C=O) groups is 1. The van der Waals surface area contributed by atoms with Gasteiger partial charge in [-0.05, 0) is 17.7 Å². The standard InChI is InChI=1S/C13H20N2O3/c1-18-9-7-15(6-8-16)10-11-2-4-12(5-3-11)13(14)17/h2-5,16H,6-10H2,1H3,(H2,14,17). The van der Waals surface area contributed by atoms with Crippen molar-refractivity contribution in [2.45, 2.75) is 6.54 Å². The molecule has 1 aromatic rings. The van der Waals surface area contributed by atoms with Gasteiger partial charge < -0.3 is 15.6 Å². The van der Waals surface area contributed by atoms with Crippen LogP contribution in [0.3, 0.4) is 0 Å². The maximum Gasteiger partial charge on any atom is 0.248 e. The molecule has 1 rings (SSSR count). The summed E-state index contributed by atoms with van der Waals surface area (Å²) in [5.41, 5.74) is 6.76. The molecule has 0 bridgehead atoms. The van der Waals surface area contributed by atoms with Gasteiger partial charge in [0.25, 0.3) is 0 Å². The maximum absolute atomic E-state index is 10.9. The first kappa shape index (κ1) is 14.6. The number of amides is 1. The number of carbonyl (C=O) groups excluding carboxylic acids is 1. The molecular weight excluding hydrogens is 232 g/mol. The fourth-order valence-electron chi connectivity index (χ4n) is 1.66. The Bertz CT molecular complexity index is 365. The molecule has 0 spiro atoms. The molecule has 0 aromatic heterocycles. The molecule has 0 atom stereocenters. The average molecular weight is 252 g/mol. The molecule has 5 nitrogen and oxygen atoms in total. The molecule has 1 aromatic carbocycles. The van der Waals surface area contributed by atoms with Crippen LogP contribution >= 0.6 is 0 Å². The third kappa shape index (κ3) is 4.83. The molecule has 0 heterocycles. The molecular formula is C13H20N2O3. The van der Waals surface area contributed by atoms with E-state index in [1.54, 1.807) is 19.2 Å². The Morgan fingerprint density at radius 2 is 2.00 bits per heavy atom. The second kappa shape index (κ2) is 7.81. The lowest BCUT2D eigenvalue weighted by molar-refractivity contribution is 0.100. The van der Waals surface area contributed by atoms with Gasteiger partial charge in [0.15, 0.2) is 0 Å². The summed E-state index contributed by atoms with van der Waals surface area (Å²) in [7, 11) is 1.65. The summed E-state index contributed by atoms with van der Waals surface area (Å²) in [6.45, 7) is 2.81. The van der Waals surface area contributed by atoms with Gasteiger partial charge in [0, 0.05) is 32.3 Å². The highest BCUT2D eigenvalue weighted by molar-refractivity contribution is 5.92. The van der Waals surface area contributed by atoms with E-state index in [1.165, 1.54) is 0 Å². The molecule has 18 heavy (non-hydrogen) atoms. The van der Waals surface area contributed by atoms with E-state index in [0.29, 0.717) is 25.3 Å². The van der Waals surface area contributed by atoms with Crippen LogP contribution in [-0.4, -0.2) is 49.3 Å². The first-order valence-electron chi connectivity index (χ1n) is 5.88. The molecule has 3 N–H and O–H groups in total. The minimum absolute atomic E-state index is 0.114. The van der Waals surface area contributed by atoms with Crippen LogP contribution < -0.4 is 5.73 Å². The predicted molar refractivity (Wildman–Crippen MR) is 69.2 cm³/mol. The first-order chi connectivity index (χ1) is 8.67. The van der Waals surface area contributed by atoms with Crippen LogP contribution in [0.4, 0.5) is 0 Å². The summed E-state index contributed by atoms with van der Waals surface area (Å²) in [6.07, 6.45) is 0. The van der Waals surface area contributed by atoms with Crippen LogP contribution in [0, 0.1) is 0 Å². The lowest BCUT2D eigenvalue weighted by Crippen LogP contribution is -2.29. The van der Waals surface area contributed by atoms with Crippen molar-refractivity contribution in [3.63, 3.8) is 0 Å². The Hall–Kier alpha value is -1.43. The predicted octanol–water partition coefficient (Wildman–Crippen LogP) is 0.226. The van der Waals surface area contributed by atoms with Gasteiger partial charge in [-0.3, -0.25) is 9.69 Å². The second-order valence-corrected chi connectivity index (χ2v) is 4.05. The van der Waals surface area contributed by atoms with Crippen LogP contribution in [0.1, 0.15) is 15.9 Å². The summed E-state index contributed by atoms with van der Waals surface area (Å²) in [5.74, 6) is -0.423. The van der Waals surface area contributed by atoms with Crippen LogP contribution in [0.25, 0.3) is 0 Å². The molecule has 1 amide bonds. The van der Waals surface area contributed by atoms with Gasteiger partial charge in [0.05, 0.1) is 13.2 Å². The largest absolute Gasteiger partial charge is 0.395 e. The molecule has 100 valence electrons. The van der Waals surface area contributed by atoms with Crippen LogP contribution in [0.5, 0.6) is 0 Å². The summed E-state index contributed by atoms with van der Waals surface area (Å²) < 4.78 is 5.02. The van der Waals surface area contributed by atoms with Gasteiger partial charge >= 0.3 is 0 Å². The molecule has 0 aliphatic rings. The SMILES string of the molecule is COCCN(CCO)Cc1ccc(C(N)=O)cc1. The Kier molecular flexibility index (Phi) is 6.35. The molecule has 0 radical (unpaired) electrons. The third-order valence-electron chi connectivity index (χ3n) is 2.67. The monoisotopic (exact) mass is 252 g/mol. The fraction of sp³-hybridized carbons (Fsp3) is 0.462. The van der Waals surface area contributed by atoms with E-state index in [0.717, 1.165) is 12.1 Å². The molecule has 0 aliphatic heterocycles. The fourth-order valence-corrected chi connectivity index (χ4v) is 1.66. The van der Waals surface area contributed by atoms with E-state index < -0.39 is 5.91 Å². The smallest absolute Gasteiger partial charge is 0.248 e. The molecule has 0 unspecified atom stereocenters. The zero-order valence-corrected chi connectivity index (χ0v) is 10.6. The summed E-state index contributed by atoms with van der Waals surface area (Å²) in [5, 5.41) is 8.99. The van der Waals surface area contributed by atoms with E-state index in [-0.39, 0.29) is 6.61 Å². The van der Waals surface area contributed by atoms with Crippen molar-refractivity contribution in [3.8, 4) is 0 Å². The summed E-state index contributed by atoms with van der Waals surface area (Å²) >= 11 is 0. The van der Waals surface area contributed by atoms with Gasteiger partial charge in [0.2, 0.25) is 5.91 Å². The minimum atomic E-state index is -0.423. The zero-order chi connectivity index (χ0) is 13.4. The summed E-state index contributed by atoms with van der Waals surface area (Å²) in [4.78, 5) is 13.0. The van der Waals surface area contributed by atoms with Crippen molar-refractivity contribution in [1.82, 2.24) is 4.90 Å². The molecule has 5 heteroatoms. The van der Waals surface area contributed by atoms with Gasteiger partial charge in [0.1, 0.15) is 0 Å². The Morgan fingerprint density at radius 1 is 1.33 bits per heavy atom. The van der Waals surface area contributed by atoms with E-state index in [2.05, 4.69) is 4.90 Å². The quantitative estimate of drug-likeness (QED) is 0.694. The maximum atomic E-state index is 10.9. The number of aliphatic hydroxyl groups excluding tert-OH is 1. The van der Waals surface area contributed by atoms with Crippen molar-refractivity contribution < 1.29 is 14.6 Å². The van der Waals surface area contributed by atoms with Crippen molar-refractivity contribution in [2.24, 2.45) is 5.73 Å². The van der Waals surface area contributed by atoms with E-state index in [9.17, 15) is 4.79 Å². The van der Waals surface area contributed by atoms with Gasteiger partial charge in [-0.15, -0.1) is 0 Å². The van der Waals surface area contributed by atoms with E-state index in [4.69, 9.17) is 15.6 Å². The number of rotatable bonds is 8. The van der Waals surface area contributed by atoms with Gasteiger partial charge in [-0.25, -0.2) is 0 Å². The van der Waals surface area contributed by atoms with Crippen LogP contribution in [0.2, 0.25) is 0 Å². The number of methoxy groups -OCH3 is 1. The normalized spacial score (nSPS) is 10.8. The third-order valence-corrected chi connectivity index (χ3v) is 2.67. The minimum Gasteiger partial charge on any atom is -0.395 e. The number of hydrogen-bond donors (Lipinski definition) is 2. The number of benzene rings is 1. The van der Waals surface area contributed by atoms with Gasteiger partial charge in [-0.2, -0.15) is 0 Å². The zero-order valence-electron chi connectivity index (χ0n) is 10.6. The van der Waals surface area contributed by atoms with E-state index in [1.807, 2.05) is 12.1 Å². The van der Waals surface area contributed by atoms with Crippen LogP contribution in [0.15, 0.2) is 24.3 Å². The highest BCUT2D eigenvalue weighted by atomic mass is 16.5. The molecule has 0 saturated heterocycles. The second-order valence-electron chi connectivity index (χ2n) is 4.05. The highest BCUT2D eigenvalue weighted by Gasteiger charge is 2.06. The molecule has 0 fully saturated rings. The Labute approximate surface area is 107 Å². The van der Waals surface area contributed by atoms with E-state index >= 15 is 0 Å². The number of hydrogen-bond acceptors (Lipinski definition) is 4. The Morgan fingerprint density at radius 3 is 2.50 bits per heavy atom. The van der Waals surface area contributed by atoms with Gasteiger partial charge in [-0.1, -0.05) is 12.1 Å². The first-order valence-corrected chi connectivity index (χ1v) is 5.88.